The molecule has 0 aromatic heterocycles. The van der Waals surface area contributed by atoms with Gasteiger partial charge in [0.2, 0.25) is 0 Å². The zero-order chi connectivity index (χ0) is 14.4. The van der Waals surface area contributed by atoms with E-state index >= 15 is 0 Å². The zero-order valence-electron chi connectivity index (χ0n) is 11.3. The Labute approximate surface area is 112 Å². The normalized spacial score (nSPS) is 11.5. The largest absolute Gasteiger partial charge is 0.480 e. The lowest BCUT2D eigenvalue weighted by Crippen LogP contribution is -2.42. The number of nitrogens with one attached hydrogen (secondary N) is 2. The molecular formula is C13H19N3O3. The van der Waals surface area contributed by atoms with Crippen molar-refractivity contribution in [2.75, 3.05) is 24.3 Å². The van der Waals surface area contributed by atoms with Crippen LogP contribution in [-0.4, -0.2) is 37.2 Å². The average Bonchev–Trinajstić information content (AvgIpc) is 2.35. The molecule has 3 N–H and O–H groups in total. The summed E-state index contributed by atoms with van der Waals surface area (Å²) in [4.78, 5) is 24.4. The van der Waals surface area contributed by atoms with Gasteiger partial charge in [0.25, 0.3) is 0 Å². The highest BCUT2D eigenvalue weighted by Gasteiger charge is 2.17. The highest BCUT2D eigenvalue weighted by molar-refractivity contribution is 5.92. The van der Waals surface area contributed by atoms with Gasteiger partial charge >= 0.3 is 12.0 Å². The van der Waals surface area contributed by atoms with Crippen LogP contribution in [0.25, 0.3) is 0 Å². The molecule has 0 spiro atoms. The Morgan fingerprint density at radius 3 is 2.58 bits per heavy atom. The van der Waals surface area contributed by atoms with E-state index in [-0.39, 0.29) is 0 Å². The maximum atomic E-state index is 11.7. The summed E-state index contributed by atoms with van der Waals surface area (Å²) in [6.07, 6.45) is 0.334. The highest BCUT2D eigenvalue weighted by Crippen LogP contribution is 2.17. The van der Waals surface area contributed by atoms with E-state index < -0.39 is 18.0 Å². The predicted molar refractivity (Wildman–Crippen MR) is 74.6 cm³/mol. The molecule has 6 heteroatoms. The van der Waals surface area contributed by atoms with Crippen LogP contribution < -0.4 is 15.5 Å². The van der Waals surface area contributed by atoms with Crippen LogP contribution in [0, 0.1) is 0 Å². The first-order chi connectivity index (χ1) is 8.93. The van der Waals surface area contributed by atoms with Gasteiger partial charge in [0.15, 0.2) is 0 Å². The molecule has 0 saturated carbocycles. The van der Waals surface area contributed by atoms with Crippen molar-refractivity contribution in [2.45, 2.75) is 19.4 Å². The van der Waals surface area contributed by atoms with E-state index in [1.165, 1.54) is 0 Å². The van der Waals surface area contributed by atoms with E-state index in [0.717, 1.165) is 5.69 Å². The van der Waals surface area contributed by atoms with Crippen LogP contribution in [0.3, 0.4) is 0 Å². The Morgan fingerprint density at radius 2 is 2.05 bits per heavy atom. The molecule has 1 aromatic carbocycles. The summed E-state index contributed by atoms with van der Waals surface area (Å²) in [5.41, 5.74) is 1.56. The first-order valence-electron chi connectivity index (χ1n) is 6.01. The zero-order valence-corrected chi connectivity index (χ0v) is 11.3. The van der Waals surface area contributed by atoms with E-state index in [4.69, 9.17) is 5.11 Å². The van der Waals surface area contributed by atoms with E-state index in [9.17, 15) is 9.59 Å². The summed E-state index contributed by atoms with van der Waals surface area (Å²) in [7, 11) is 3.80. The molecule has 0 fully saturated rings. The first-order valence-corrected chi connectivity index (χ1v) is 6.01. The molecule has 1 aromatic rings. The molecule has 1 unspecified atom stereocenters. The summed E-state index contributed by atoms with van der Waals surface area (Å²) in [6.45, 7) is 1.70. The van der Waals surface area contributed by atoms with Crippen molar-refractivity contribution in [3.8, 4) is 0 Å². The van der Waals surface area contributed by atoms with Gasteiger partial charge < -0.3 is 20.6 Å². The molecule has 0 aliphatic heterocycles. The second kappa shape index (κ2) is 6.63. The summed E-state index contributed by atoms with van der Waals surface area (Å²) < 4.78 is 0. The quantitative estimate of drug-likeness (QED) is 0.757. The maximum Gasteiger partial charge on any atom is 0.326 e. The highest BCUT2D eigenvalue weighted by atomic mass is 16.4. The number of carboxylic acids is 1. The van der Waals surface area contributed by atoms with Crippen LogP contribution in [0.1, 0.15) is 13.3 Å². The fraction of sp³-hybridized carbons (Fsp3) is 0.385. The standard InChI is InChI=1S/C13H19N3O3/c1-4-11(12(17)18)15-13(19)14-9-6-5-7-10(8-9)16(2)3/h5-8,11H,4H2,1-3H3,(H,17,18)(H2,14,15,19). The molecular weight excluding hydrogens is 246 g/mol. The summed E-state index contributed by atoms with van der Waals surface area (Å²) in [5.74, 6) is -1.04. The van der Waals surface area contributed by atoms with Gasteiger partial charge in [0.05, 0.1) is 0 Å². The Morgan fingerprint density at radius 1 is 1.37 bits per heavy atom. The summed E-state index contributed by atoms with van der Waals surface area (Å²) in [6, 6.07) is 5.88. The topological polar surface area (TPSA) is 81.7 Å². The first kappa shape index (κ1) is 14.8. The van der Waals surface area contributed by atoms with Gasteiger partial charge in [-0.15, -0.1) is 0 Å². The minimum absolute atomic E-state index is 0.334. The van der Waals surface area contributed by atoms with E-state index in [2.05, 4.69) is 10.6 Å². The molecule has 0 heterocycles. The molecule has 1 rings (SSSR count). The molecule has 19 heavy (non-hydrogen) atoms. The van der Waals surface area contributed by atoms with Crippen molar-refractivity contribution in [3.63, 3.8) is 0 Å². The van der Waals surface area contributed by atoms with Crippen LogP contribution in [0.15, 0.2) is 24.3 Å². The lowest BCUT2D eigenvalue weighted by molar-refractivity contribution is -0.139. The van der Waals surface area contributed by atoms with Crippen LogP contribution in [0.4, 0.5) is 16.2 Å². The molecule has 1 atom stereocenters. The van der Waals surface area contributed by atoms with Gasteiger partial charge in [-0.1, -0.05) is 13.0 Å². The second-order valence-corrected chi connectivity index (χ2v) is 4.34. The van der Waals surface area contributed by atoms with Gasteiger partial charge in [0, 0.05) is 25.5 Å². The summed E-state index contributed by atoms with van der Waals surface area (Å²) in [5, 5.41) is 13.9. The van der Waals surface area contributed by atoms with Crippen molar-refractivity contribution < 1.29 is 14.7 Å². The van der Waals surface area contributed by atoms with Gasteiger partial charge in [-0.3, -0.25) is 0 Å². The lowest BCUT2D eigenvalue weighted by atomic mass is 10.2. The van der Waals surface area contributed by atoms with Gasteiger partial charge in [-0.2, -0.15) is 0 Å². The number of hydrogen-bond acceptors (Lipinski definition) is 3. The molecule has 104 valence electrons. The van der Waals surface area contributed by atoms with Crippen molar-refractivity contribution in [3.05, 3.63) is 24.3 Å². The van der Waals surface area contributed by atoms with Crippen LogP contribution >= 0.6 is 0 Å². The number of aliphatic carboxylic acids is 1. The van der Waals surface area contributed by atoms with Crippen LogP contribution in [-0.2, 0) is 4.79 Å². The summed E-state index contributed by atoms with van der Waals surface area (Å²) >= 11 is 0. The van der Waals surface area contributed by atoms with E-state index in [1.807, 2.05) is 31.1 Å². The Hall–Kier alpha value is -2.24. The number of carbonyl (C=O) groups is 2. The number of carboxylic acid groups (broad SMARTS) is 1. The van der Waals surface area contributed by atoms with Gasteiger partial charge in [-0.25, -0.2) is 9.59 Å². The van der Waals surface area contributed by atoms with Crippen LogP contribution in [0.5, 0.6) is 0 Å². The number of hydrogen-bond donors (Lipinski definition) is 3. The molecule has 6 nitrogen and oxygen atoms in total. The monoisotopic (exact) mass is 265 g/mol. The minimum Gasteiger partial charge on any atom is -0.480 e. The van der Waals surface area contributed by atoms with E-state index in [1.54, 1.807) is 19.1 Å². The maximum absolute atomic E-state index is 11.7. The van der Waals surface area contributed by atoms with Crippen molar-refractivity contribution in [1.82, 2.24) is 5.32 Å². The van der Waals surface area contributed by atoms with Gasteiger partial charge in [0.1, 0.15) is 6.04 Å². The van der Waals surface area contributed by atoms with Crippen molar-refractivity contribution in [1.29, 1.82) is 0 Å². The number of amides is 2. The SMILES string of the molecule is CCC(NC(=O)Nc1cccc(N(C)C)c1)C(=O)O. The third-order valence-corrected chi connectivity index (χ3v) is 2.63. The molecule has 0 saturated heterocycles. The number of carbonyl (C=O) groups excluding carboxylic acids is 1. The third kappa shape index (κ3) is 4.50. The minimum atomic E-state index is -1.04. The molecule has 0 bridgehead atoms. The fourth-order valence-electron chi connectivity index (χ4n) is 1.53. The third-order valence-electron chi connectivity index (χ3n) is 2.63. The second-order valence-electron chi connectivity index (χ2n) is 4.34. The molecule has 0 radical (unpaired) electrons. The Balaban J connectivity index is 2.66. The Kier molecular flexibility index (Phi) is 5.17. The number of rotatable bonds is 5. The fourth-order valence-corrected chi connectivity index (χ4v) is 1.53. The smallest absolute Gasteiger partial charge is 0.326 e. The number of benzene rings is 1. The molecule has 0 aliphatic rings. The number of nitrogens with zero attached hydrogens (tertiary/aromatic N) is 1. The number of urea groups is 1. The van der Waals surface area contributed by atoms with Gasteiger partial charge in [-0.05, 0) is 24.6 Å². The Bertz CT molecular complexity index is 460. The lowest BCUT2D eigenvalue weighted by Gasteiger charge is -2.16. The average molecular weight is 265 g/mol. The van der Waals surface area contributed by atoms with Crippen molar-refractivity contribution >= 4 is 23.4 Å². The van der Waals surface area contributed by atoms with Crippen molar-refractivity contribution in [2.24, 2.45) is 0 Å². The number of anilines is 2. The molecule has 2 amide bonds. The predicted octanol–water partition coefficient (Wildman–Crippen LogP) is 1.74. The van der Waals surface area contributed by atoms with Crippen LogP contribution in [0.2, 0.25) is 0 Å². The van der Waals surface area contributed by atoms with E-state index in [0.29, 0.717) is 12.1 Å². The molecule has 0 aliphatic carbocycles.